The second-order valence-corrected chi connectivity index (χ2v) is 6.90. The van der Waals surface area contributed by atoms with E-state index in [0.29, 0.717) is 6.61 Å². The summed E-state index contributed by atoms with van der Waals surface area (Å²) in [6.07, 6.45) is 2.35. The molecule has 0 saturated heterocycles. The highest BCUT2D eigenvalue weighted by molar-refractivity contribution is 5.82. The molecule has 0 spiro atoms. The monoisotopic (exact) mass is 500 g/mol. The van der Waals surface area contributed by atoms with Crippen LogP contribution >= 0.6 is 0 Å². The molecule has 0 aliphatic carbocycles. The summed E-state index contributed by atoms with van der Waals surface area (Å²) in [4.78, 5) is 42.9. The predicted octanol–water partition coefficient (Wildman–Crippen LogP) is 1.45. The van der Waals surface area contributed by atoms with E-state index in [4.69, 9.17) is 24.1 Å². The summed E-state index contributed by atoms with van der Waals surface area (Å²) in [5, 5.41) is 9.11. The summed E-state index contributed by atoms with van der Waals surface area (Å²) in [7, 11) is 0. The maximum atomic E-state index is 11.0. The van der Waals surface area contributed by atoms with Crippen LogP contribution in [0, 0.1) is 0 Å². The van der Waals surface area contributed by atoms with Gasteiger partial charge in [0.15, 0.2) is 0 Å². The molecule has 0 bridgehead atoms. The molecule has 0 saturated carbocycles. The summed E-state index contributed by atoms with van der Waals surface area (Å²) in [5.41, 5.74) is 0. The fourth-order valence-corrected chi connectivity index (χ4v) is 1.76. The van der Waals surface area contributed by atoms with Gasteiger partial charge in [-0.05, 0) is 20.8 Å². The van der Waals surface area contributed by atoms with Gasteiger partial charge in [-0.3, -0.25) is 0 Å². The molecule has 0 aromatic carbocycles. The lowest BCUT2D eigenvalue weighted by Crippen LogP contribution is -2.27. The van der Waals surface area contributed by atoms with Crippen molar-refractivity contribution in [1.82, 2.24) is 0 Å². The van der Waals surface area contributed by atoms with Crippen molar-refractivity contribution < 1.29 is 52.7 Å². The average molecular weight is 501 g/mol. The van der Waals surface area contributed by atoms with Gasteiger partial charge in [-0.2, -0.15) is 0 Å². The van der Waals surface area contributed by atoms with Crippen molar-refractivity contribution in [2.45, 2.75) is 45.2 Å². The molecule has 0 radical (unpaired) electrons. The third kappa shape index (κ3) is 22.3. The highest BCUT2D eigenvalue weighted by Crippen LogP contribution is 2.01. The van der Waals surface area contributed by atoms with Crippen LogP contribution in [0.1, 0.15) is 20.8 Å². The maximum Gasteiger partial charge on any atom is 0.330 e. The molecule has 0 amide bonds. The second-order valence-electron chi connectivity index (χ2n) is 6.90. The minimum absolute atomic E-state index is 0.158. The number of carbonyl (C=O) groups excluding carboxylic acids is 4. The third-order valence-electron chi connectivity index (χ3n) is 3.51. The predicted molar refractivity (Wildman–Crippen MR) is 126 cm³/mol. The van der Waals surface area contributed by atoms with Crippen molar-refractivity contribution in [1.29, 1.82) is 0 Å². The molecule has 0 heterocycles. The maximum absolute atomic E-state index is 11.0. The fraction of sp³-hybridized carbons (Fsp3) is 0.500. The van der Waals surface area contributed by atoms with Crippen molar-refractivity contribution in [2.24, 2.45) is 0 Å². The molecule has 3 unspecified atom stereocenters. The molecule has 3 atom stereocenters. The molecule has 35 heavy (non-hydrogen) atoms. The van der Waals surface area contributed by atoms with E-state index >= 15 is 0 Å². The lowest BCUT2D eigenvalue weighted by atomic mass is 10.4. The highest BCUT2D eigenvalue weighted by Gasteiger charge is 2.12. The van der Waals surface area contributed by atoms with E-state index in [1.54, 1.807) is 13.8 Å². The van der Waals surface area contributed by atoms with Crippen LogP contribution in [0.2, 0.25) is 0 Å². The smallest absolute Gasteiger partial charge is 0.330 e. The first-order valence-corrected chi connectivity index (χ1v) is 10.6. The molecule has 11 heteroatoms. The van der Waals surface area contributed by atoms with Crippen molar-refractivity contribution >= 4 is 23.9 Å². The summed E-state index contributed by atoms with van der Waals surface area (Å²) < 4.78 is 29.8. The van der Waals surface area contributed by atoms with Gasteiger partial charge < -0.3 is 33.5 Å². The summed E-state index contributed by atoms with van der Waals surface area (Å²) in [5.74, 6) is -2.24. The Morgan fingerprint density at radius 2 is 0.943 bits per heavy atom. The standard InChI is InChI=1S/C15H24O6.C9H12O5/c1-6-14(16)20-9-12(4)18-8-11(3)19-10-13(5)21-15(17)7-2;1-3-8(11)13-5-7(10)6-14-9(12)4-2/h6-7,11-13H,1-2,8-10H2,3-5H3;3-4,7,10H,1-2,5-6H2. The third-order valence-corrected chi connectivity index (χ3v) is 3.51. The SMILES string of the molecule is C=CC(=O)OCC(C)OCC(C)OCC(C)OC(=O)C=C.C=CC(=O)OCC(O)COC(=O)C=C. The number of hydrogen-bond acceptors (Lipinski definition) is 11. The van der Waals surface area contributed by atoms with Crippen molar-refractivity contribution in [3.63, 3.8) is 0 Å². The molecule has 0 rings (SSSR count). The van der Waals surface area contributed by atoms with Gasteiger partial charge in [-0.15, -0.1) is 0 Å². The minimum atomic E-state index is -1.04. The molecular formula is C24H36O11. The number of esters is 4. The number of hydrogen-bond donors (Lipinski definition) is 1. The van der Waals surface area contributed by atoms with Gasteiger partial charge >= 0.3 is 23.9 Å². The molecule has 11 nitrogen and oxygen atoms in total. The molecule has 1 N–H and O–H groups in total. The Bertz CT molecular complexity index is 678. The Labute approximate surface area is 206 Å². The van der Waals surface area contributed by atoms with Crippen LogP contribution in [-0.4, -0.2) is 86.4 Å². The molecule has 198 valence electrons. The van der Waals surface area contributed by atoms with Crippen LogP contribution in [0.15, 0.2) is 50.6 Å². The van der Waals surface area contributed by atoms with E-state index in [9.17, 15) is 19.2 Å². The minimum Gasteiger partial charge on any atom is -0.460 e. The summed E-state index contributed by atoms with van der Waals surface area (Å²) in [6, 6.07) is 0. The molecule has 0 aromatic heterocycles. The van der Waals surface area contributed by atoms with Crippen LogP contribution in [-0.2, 0) is 47.6 Å². The Hall–Kier alpha value is -3.28. The van der Waals surface area contributed by atoms with E-state index in [1.165, 1.54) is 0 Å². The van der Waals surface area contributed by atoms with Gasteiger partial charge in [0.2, 0.25) is 0 Å². The van der Waals surface area contributed by atoms with E-state index in [-0.39, 0.29) is 44.7 Å². The van der Waals surface area contributed by atoms with Gasteiger partial charge in [0.05, 0.1) is 25.4 Å². The van der Waals surface area contributed by atoms with E-state index < -0.39 is 30.0 Å². The first-order valence-electron chi connectivity index (χ1n) is 10.6. The zero-order valence-electron chi connectivity index (χ0n) is 20.5. The van der Waals surface area contributed by atoms with Gasteiger partial charge in [-0.25, -0.2) is 19.2 Å². The van der Waals surface area contributed by atoms with Crippen LogP contribution in [0.5, 0.6) is 0 Å². The highest BCUT2D eigenvalue weighted by atomic mass is 16.6. The number of carbonyl (C=O) groups is 4. The topological polar surface area (TPSA) is 144 Å². The number of aliphatic hydroxyl groups is 1. The lowest BCUT2D eigenvalue weighted by Gasteiger charge is -2.19. The Balaban J connectivity index is 0. The van der Waals surface area contributed by atoms with Crippen molar-refractivity contribution in [3.05, 3.63) is 50.6 Å². The van der Waals surface area contributed by atoms with Crippen LogP contribution in [0.25, 0.3) is 0 Å². The average Bonchev–Trinajstić information content (AvgIpc) is 2.86. The van der Waals surface area contributed by atoms with Crippen molar-refractivity contribution in [3.8, 4) is 0 Å². The number of ether oxygens (including phenoxy) is 6. The van der Waals surface area contributed by atoms with Gasteiger partial charge in [0.1, 0.15) is 32.0 Å². The van der Waals surface area contributed by atoms with Crippen LogP contribution < -0.4 is 0 Å². The van der Waals surface area contributed by atoms with Crippen molar-refractivity contribution in [2.75, 3.05) is 33.0 Å². The lowest BCUT2D eigenvalue weighted by molar-refractivity contribution is -0.148. The molecular weight excluding hydrogens is 464 g/mol. The Morgan fingerprint density at radius 1 is 0.600 bits per heavy atom. The zero-order valence-corrected chi connectivity index (χ0v) is 20.5. The van der Waals surface area contributed by atoms with Crippen LogP contribution in [0.4, 0.5) is 0 Å². The first kappa shape index (κ1) is 33.9. The Morgan fingerprint density at radius 3 is 1.34 bits per heavy atom. The van der Waals surface area contributed by atoms with E-state index in [0.717, 1.165) is 24.3 Å². The van der Waals surface area contributed by atoms with E-state index in [1.807, 2.05) is 6.92 Å². The number of aliphatic hydroxyl groups excluding tert-OH is 1. The molecule has 0 fully saturated rings. The quantitative estimate of drug-likeness (QED) is 0.176. The molecule has 0 aliphatic heterocycles. The van der Waals surface area contributed by atoms with E-state index in [2.05, 4.69) is 35.8 Å². The molecule has 0 aliphatic rings. The fourth-order valence-electron chi connectivity index (χ4n) is 1.76. The zero-order chi connectivity index (χ0) is 27.2. The molecule has 0 aromatic rings. The van der Waals surface area contributed by atoms with Gasteiger partial charge in [0, 0.05) is 24.3 Å². The normalized spacial score (nSPS) is 12.5. The second kappa shape index (κ2) is 21.3. The van der Waals surface area contributed by atoms with Gasteiger partial charge in [-0.1, -0.05) is 26.3 Å². The largest absolute Gasteiger partial charge is 0.460 e. The first-order chi connectivity index (χ1) is 16.5. The summed E-state index contributed by atoms with van der Waals surface area (Å²) >= 11 is 0. The van der Waals surface area contributed by atoms with Gasteiger partial charge in [0.25, 0.3) is 0 Å². The number of rotatable bonds is 17. The van der Waals surface area contributed by atoms with Crippen LogP contribution in [0.3, 0.4) is 0 Å². The Kier molecular flexibility index (Phi) is 20.6. The summed E-state index contributed by atoms with van der Waals surface area (Å²) in [6.45, 7) is 18.6.